The van der Waals surface area contributed by atoms with E-state index >= 15 is 0 Å². The lowest BCUT2D eigenvalue weighted by molar-refractivity contribution is 0.457. The fraction of sp³-hybridized carbons (Fsp3) is 0.583. The van der Waals surface area contributed by atoms with Gasteiger partial charge < -0.3 is 4.90 Å². The lowest BCUT2D eigenvalue weighted by Gasteiger charge is -2.35. The van der Waals surface area contributed by atoms with Gasteiger partial charge in [0, 0.05) is 24.1 Å². The first-order valence-corrected chi connectivity index (χ1v) is 6.38. The number of rotatable bonds is 1. The van der Waals surface area contributed by atoms with E-state index in [-0.39, 0.29) is 0 Å². The van der Waals surface area contributed by atoms with Crippen molar-refractivity contribution < 1.29 is 0 Å². The second-order valence-electron chi connectivity index (χ2n) is 4.53. The van der Waals surface area contributed by atoms with Crippen molar-refractivity contribution >= 4 is 21.7 Å². The molecule has 82 valence electrons. The molecule has 1 aliphatic heterocycles. The third-order valence-electron chi connectivity index (χ3n) is 2.83. The van der Waals surface area contributed by atoms with Gasteiger partial charge in [-0.25, -0.2) is 4.98 Å². The zero-order valence-corrected chi connectivity index (χ0v) is 10.9. The van der Waals surface area contributed by atoms with Crippen molar-refractivity contribution in [3.8, 4) is 0 Å². The smallest absolute Gasteiger partial charge is 0.128 e. The van der Waals surface area contributed by atoms with Gasteiger partial charge in [0.2, 0.25) is 0 Å². The number of pyridine rings is 1. The summed E-state index contributed by atoms with van der Waals surface area (Å²) >= 11 is 3.72. The zero-order chi connectivity index (χ0) is 10.8. The summed E-state index contributed by atoms with van der Waals surface area (Å²) in [6, 6.07) is 4.21. The number of aromatic nitrogens is 1. The van der Waals surface area contributed by atoms with Gasteiger partial charge in [0.25, 0.3) is 0 Å². The Labute approximate surface area is 99.8 Å². The molecule has 2 nitrogen and oxygen atoms in total. The molecule has 0 spiro atoms. The van der Waals surface area contributed by atoms with Gasteiger partial charge in [-0.2, -0.15) is 0 Å². The van der Waals surface area contributed by atoms with E-state index in [4.69, 9.17) is 0 Å². The van der Waals surface area contributed by atoms with Crippen LogP contribution in [0.2, 0.25) is 0 Å². The highest BCUT2D eigenvalue weighted by Gasteiger charge is 2.23. The summed E-state index contributed by atoms with van der Waals surface area (Å²) in [6.45, 7) is 6.61. The van der Waals surface area contributed by atoms with Crippen molar-refractivity contribution in [3.63, 3.8) is 0 Å². The van der Waals surface area contributed by atoms with Crippen LogP contribution in [-0.2, 0) is 0 Å². The van der Waals surface area contributed by atoms with Gasteiger partial charge in [0.1, 0.15) is 5.82 Å². The first-order valence-electron chi connectivity index (χ1n) is 5.47. The van der Waals surface area contributed by atoms with Gasteiger partial charge in [-0.05, 0) is 37.0 Å². The molecular weight excluding hydrogens is 252 g/mol. The van der Waals surface area contributed by atoms with E-state index in [0.29, 0.717) is 4.83 Å². The van der Waals surface area contributed by atoms with Crippen LogP contribution in [0.5, 0.6) is 0 Å². The highest BCUT2D eigenvalue weighted by atomic mass is 79.9. The molecular formula is C12H17BrN2. The Morgan fingerprint density at radius 3 is 2.93 bits per heavy atom. The third-order valence-corrected chi connectivity index (χ3v) is 3.50. The molecule has 0 aliphatic carbocycles. The molecule has 15 heavy (non-hydrogen) atoms. The van der Waals surface area contributed by atoms with Gasteiger partial charge in [-0.15, -0.1) is 0 Å². The second kappa shape index (κ2) is 4.52. The van der Waals surface area contributed by atoms with Crippen LogP contribution in [0, 0.1) is 12.8 Å². The number of alkyl halides is 1. The summed E-state index contributed by atoms with van der Waals surface area (Å²) < 4.78 is 0. The Kier molecular flexibility index (Phi) is 3.29. The van der Waals surface area contributed by atoms with Crippen LogP contribution in [0.1, 0.15) is 18.9 Å². The zero-order valence-electron chi connectivity index (χ0n) is 9.28. The summed E-state index contributed by atoms with van der Waals surface area (Å²) in [7, 11) is 0. The van der Waals surface area contributed by atoms with Crippen molar-refractivity contribution in [2.45, 2.75) is 25.1 Å². The molecule has 2 atom stereocenters. The third kappa shape index (κ3) is 2.71. The van der Waals surface area contributed by atoms with E-state index in [9.17, 15) is 0 Å². The molecule has 0 N–H and O–H groups in total. The van der Waals surface area contributed by atoms with Crippen LogP contribution in [-0.4, -0.2) is 22.9 Å². The number of halogens is 1. The molecule has 0 radical (unpaired) electrons. The molecule has 1 fully saturated rings. The van der Waals surface area contributed by atoms with Gasteiger partial charge in [-0.3, -0.25) is 0 Å². The molecule has 1 aromatic rings. The lowest BCUT2D eigenvalue weighted by Crippen LogP contribution is -2.40. The van der Waals surface area contributed by atoms with E-state index in [1.807, 2.05) is 12.3 Å². The minimum absolute atomic E-state index is 0.601. The summed E-state index contributed by atoms with van der Waals surface area (Å²) in [5.74, 6) is 1.86. The minimum Gasteiger partial charge on any atom is -0.355 e. The molecule has 1 saturated heterocycles. The minimum atomic E-state index is 0.601. The van der Waals surface area contributed by atoms with Gasteiger partial charge in [0.15, 0.2) is 0 Å². The quantitative estimate of drug-likeness (QED) is 0.728. The molecule has 0 amide bonds. The molecule has 2 rings (SSSR count). The van der Waals surface area contributed by atoms with Crippen LogP contribution >= 0.6 is 15.9 Å². The van der Waals surface area contributed by atoms with E-state index in [1.54, 1.807) is 0 Å². The monoisotopic (exact) mass is 268 g/mol. The van der Waals surface area contributed by atoms with Crippen LogP contribution in [0.4, 0.5) is 5.82 Å². The Hall–Kier alpha value is -0.570. The summed E-state index contributed by atoms with van der Waals surface area (Å²) in [5.41, 5.74) is 1.28. The van der Waals surface area contributed by atoms with Gasteiger partial charge >= 0.3 is 0 Å². The number of hydrogen-bond acceptors (Lipinski definition) is 2. The highest BCUT2D eigenvalue weighted by molar-refractivity contribution is 9.09. The first kappa shape index (κ1) is 10.9. The number of nitrogens with zero attached hydrogens (tertiary/aromatic N) is 2. The summed E-state index contributed by atoms with van der Waals surface area (Å²) in [6.07, 6.45) is 3.16. The number of aryl methyl sites for hydroxylation is 1. The standard InChI is InChI=1S/C12H17BrN2/c1-9-3-4-14-12(6-9)15-7-10(2)5-11(13)8-15/h3-4,6,10-11H,5,7-8H2,1-2H3. The van der Waals surface area contributed by atoms with E-state index in [2.05, 4.69) is 45.7 Å². The van der Waals surface area contributed by atoms with Crippen LogP contribution in [0.15, 0.2) is 18.3 Å². The summed E-state index contributed by atoms with van der Waals surface area (Å²) in [5, 5.41) is 0. The van der Waals surface area contributed by atoms with E-state index in [0.717, 1.165) is 24.8 Å². The average molecular weight is 269 g/mol. The largest absolute Gasteiger partial charge is 0.355 e. The molecule has 0 aromatic carbocycles. The maximum absolute atomic E-state index is 4.44. The molecule has 0 bridgehead atoms. The van der Waals surface area contributed by atoms with Crippen molar-refractivity contribution in [2.24, 2.45) is 5.92 Å². The fourth-order valence-electron chi connectivity index (χ4n) is 2.16. The van der Waals surface area contributed by atoms with Crippen molar-refractivity contribution in [3.05, 3.63) is 23.9 Å². The fourth-order valence-corrected chi connectivity index (χ4v) is 3.14. The maximum atomic E-state index is 4.44. The van der Waals surface area contributed by atoms with Crippen LogP contribution in [0.25, 0.3) is 0 Å². The topological polar surface area (TPSA) is 16.1 Å². The summed E-state index contributed by atoms with van der Waals surface area (Å²) in [4.78, 5) is 7.41. The van der Waals surface area contributed by atoms with Gasteiger partial charge in [0.05, 0.1) is 0 Å². The second-order valence-corrected chi connectivity index (χ2v) is 5.83. The first-order chi connectivity index (χ1) is 7.15. The van der Waals surface area contributed by atoms with Crippen molar-refractivity contribution in [1.29, 1.82) is 0 Å². The predicted octanol–water partition coefficient (Wildman–Crippen LogP) is 3.00. The SMILES string of the molecule is Cc1ccnc(N2CC(C)CC(Br)C2)c1. The molecule has 0 saturated carbocycles. The van der Waals surface area contributed by atoms with Crippen LogP contribution in [0.3, 0.4) is 0 Å². The number of anilines is 1. The normalized spacial score (nSPS) is 26.7. The predicted molar refractivity (Wildman–Crippen MR) is 67.7 cm³/mol. The number of hydrogen-bond donors (Lipinski definition) is 0. The van der Waals surface area contributed by atoms with Crippen molar-refractivity contribution in [2.75, 3.05) is 18.0 Å². The molecule has 1 aliphatic rings. The van der Waals surface area contributed by atoms with E-state index < -0.39 is 0 Å². The Bertz CT molecular complexity index is 330. The van der Waals surface area contributed by atoms with Gasteiger partial charge in [-0.1, -0.05) is 22.9 Å². The Balaban J connectivity index is 2.16. The van der Waals surface area contributed by atoms with Crippen LogP contribution < -0.4 is 4.90 Å². The highest BCUT2D eigenvalue weighted by Crippen LogP contribution is 2.25. The van der Waals surface area contributed by atoms with Crippen molar-refractivity contribution in [1.82, 2.24) is 4.98 Å². The molecule has 2 heterocycles. The Morgan fingerprint density at radius 1 is 1.47 bits per heavy atom. The average Bonchev–Trinajstić information content (AvgIpc) is 2.16. The Morgan fingerprint density at radius 2 is 2.27 bits per heavy atom. The number of piperidine rings is 1. The lowest BCUT2D eigenvalue weighted by atomic mass is 10.0. The van der Waals surface area contributed by atoms with E-state index in [1.165, 1.54) is 12.0 Å². The maximum Gasteiger partial charge on any atom is 0.128 e. The molecule has 3 heteroatoms. The molecule has 1 aromatic heterocycles. The molecule has 2 unspecified atom stereocenters.